The summed E-state index contributed by atoms with van der Waals surface area (Å²) in [7, 11) is 0. The Morgan fingerprint density at radius 2 is 0.543 bits per heavy atom. The van der Waals surface area contributed by atoms with Crippen molar-refractivity contribution in [2.75, 3.05) is 0 Å². The summed E-state index contributed by atoms with van der Waals surface area (Å²) in [4.78, 5) is 10.6. The van der Waals surface area contributed by atoms with Crippen LogP contribution in [0.1, 0.15) is 25.0 Å². The van der Waals surface area contributed by atoms with Crippen LogP contribution in [0.25, 0.3) is 210 Å². The molecule has 0 amide bonds. The molecule has 7 heteroatoms. The number of nitrogens with zero attached hydrogens (tertiary/aromatic N) is 6. The fraction of sp³-hybridized carbons (Fsp3) is 0.0275. The van der Waals surface area contributed by atoms with E-state index in [9.17, 15) is 0 Å². The summed E-state index contributed by atoms with van der Waals surface area (Å²) in [5.74, 6) is 0. The van der Waals surface area contributed by atoms with Crippen LogP contribution >= 0.6 is 0 Å². The van der Waals surface area contributed by atoms with E-state index in [1.165, 1.54) is 143 Å². The minimum Gasteiger partial charge on any atom is -0.455 e. The fourth-order valence-electron chi connectivity index (χ4n) is 19.0. The summed E-state index contributed by atoms with van der Waals surface area (Å²) in [6, 6.07) is 144. The molecule has 1 aliphatic rings. The molecule has 7 heterocycles. The predicted molar refractivity (Wildman–Crippen MR) is 483 cm³/mol. The van der Waals surface area contributed by atoms with Crippen LogP contribution in [0.15, 0.2) is 405 Å². The van der Waals surface area contributed by atoms with Crippen molar-refractivity contribution < 1.29 is 4.42 Å². The lowest BCUT2D eigenvalue weighted by Gasteiger charge is -2.24. The van der Waals surface area contributed by atoms with Gasteiger partial charge in [-0.1, -0.05) is 257 Å². The smallest absolute Gasteiger partial charge is 0.144 e. The summed E-state index contributed by atoms with van der Waals surface area (Å²) in [5, 5.41) is 12.1. The van der Waals surface area contributed by atoms with E-state index in [1.807, 2.05) is 12.1 Å². The number of rotatable bonds is 10. The highest BCUT2D eigenvalue weighted by Crippen LogP contribution is 2.53. The first-order valence-corrected chi connectivity index (χ1v) is 39.8. The van der Waals surface area contributed by atoms with E-state index in [1.54, 1.807) is 0 Å². The number of hydrogen-bond acceptors (Lipinski definition) is 3. The Balaban J connectivity index is 0.000000137. The van der Waals surface area contributed by atoms with Gasteiger partial charge in [0.1, 0.15) is 11.2 Å². The molecule has 0 saturated heterocycles. The Hall–Kier alpha value is -15.2. The van der Waals surface area contributed by atoms with Gasteiger partial charge in [-0.25, -0.2) is 9.97 Å². The van der Waals surface area contributed by atoms with Crippen LogP contribution in [0.2, 0.25) is 0 Å². The molecule has 116 heavy (non-hydrogen) atoms. The highest BCUT2D eigenvalue weighted by Gasteiger charge is 2.38. The number of hydrogen-bond donors (Lipinski definition) is 0. The topological polar surface area (TPSA) is 58.6 Å². The maximum atomic E-state index is 6.38. The molecule has 24 rings (SSSR count). The maximum Gasteiger partial charge on any atom is 0.144 e. The molecule has 23 aromatic rings. The van der Waals surface area contributed by atoms with Gasteiger partial charge in [-0.2, -0.15) is 0 Å². The second-order valence-electron chi connectivity index (χ2n) is 31.1. The molecule has 0 bridgehead atoms. The van der Waals surface area contributed by atoms with Crippen LogP contribution in [0.4, 0.5) is 0 Å². The standard InChI is InChI=1S/C56H39N3.C53H33N3O/c1-56(2)48-24-9-6-19-41(48)44-22-13-23-45(55(44)56)50-26-14-25-49(57-50)38-15-12-18-40(33-38)59-52-28-11-8-21-43(52)47-35-37(30-32-54(47)59)36-29-31-53-46(34-36)42-20-7-10-27-51(42)58(53)39-16-4-3-5-17-39;1-2-14-37(15-3-1)55-48-24-7-4-17-39(48)44-32-34(27-29-50(44)55)35-28-30-51-45(33-35)40-18-5-8-25-49(40)56(51)38-16-10-13-36(31-38)46-22-12-23-47(54-46)43-21-11-20-42-41-19-6-9-26-52(41)57-53(42)43/h3-35H,1-2H3;1-33H. The quantitative estimate of drug-likeness (QED) is 0.137. The highest BCUT2D eigenvalue weighted by molar-refractivity contribution is 6.16. The average Bonchev–Trinajstić information content (AvgIpc) is 1.58. The Morgan fingerprint density at radius 3 is 1.03 bits per heavy atom. The van der Waals surface area contributed by atoms with Gasteiger partial charge in [0.05, 0.1) is 66.9 Å². The average molecular weight is 1480 g/mol. The lowest BCUT2D eigenvalue weighted by atomic mass is 9.79. The molecule has 0 fully saturated rings. The molecule has 0 aliphatic heterocycles. The molecule has 7 nitrogen and oxygen atoms in total. The van der Waals surface area contributed by atoms with Gasteiger partial charge in [0.2, 0.25) is 0 Å². The van der Waals surface area contributed by atoms with Gasteiger partial charge >= 0.3 is 0 Å². The second kappa shape index (κ2) is 26.5. The van der Waals surface area contributed by atoms with Gasteiger partial charge in [-0.15, -0.1) is 0 Å². The predicted octanol–water partition coefficient (Wildman–Crippen LogP) is 28.8. The van der Waals surface area contributed by atoms with E-state index in [0.717, 1.165) is 78.3 Å². The van der Waals surface area contributed by atoms with Crippen molar-refractivity contribution in [2.24, 2.45) is 0 Å². The third-order valence-electron chi connectivity index (χ3n) is 24.2. The van der Waals surface area contributed by atoms with Crippen molar-refractivity contribution in [3.05, 3.63) is 412 Å². The third kappa shape index (κ3) is 10.6. The number of furan rings is 1. The monoisotopic (exact) mass is 1480 g/mol. The van der Waals surface area contributed by atoms with Crippen LogP contribution < -0.4 is 0 Å². The van der Waals surface area contributed by atoms with Crippen LogP contribution in [0.5, 0.6) is 0 Å². The lowest BCUT2D eigenvalue weighted by molar-refractivity contribution is 0.662. The summed E-state index contributed by atoms with van der Waals surface area (Å²) in [6.07, 6.45) is 0. The van der Waals surface area contributed by atoms with Crippen molar-refractivity contribution in [3.63, 3.8) is 0 Å². The van der Waals surface area contributed by atoms with Crippen molar-refractivity contribution in [2.45, 2.75) is 19.3 Å². The zero-order chi connectivity index (χ0) is 76.7. The van der Waals surface area contributed by atoms with Crippen LogP contribution in [-0.4, -0.2) is 28.2 Å². The second-order valence-corrected chi connectivity index (χ2v) is 31.1. The van der Waals surface area contributed by atoms with Crippen molar-refractivity contribution in [3.8, 4) is 101 Å². The Bertz CT molecular complexity index is 7940. The molecule has 544 valence electrons. The van der Waals surface area contributed by atoms with E-state index >= 15 is 0 Å². The lowest BCUT2D eigenvalue weighted by Crippen LogP contribution is -2.16. The Labute approximate surface area is 669 Å². The third-order valence-corrected chi connectivity index (χ3v) is 24.2. The Morgan fingerprint density at radius 1 is 0.216 bits per heavy atom. The minimum atomic E-state index is -0.119. The molecular formula is C109H72N6O. The molecule has 0 saturated carbocycles. The molecule has 0 unspecified atom stereocenters. The molecule has 0 N–H and O–H groups in total. The molecule has 1 aliphatic carbocycles. The first kappa shape index (κ1) is 66.6. The zero-order valence-corrected chi connectivity index (χ0v) is 63.7. The van der Waals surface area contributed by atoms with Gasteiger partial charge < -0.3 is 22.7 Å². The largest absolute Gasteiger partial charge is 0.455 e. The number of aromatic nitrogens is 6. The first-order valence-electron chi connectivity index (χ1n) is 39.8. The summed E-state index contributed by atoms with van der Waals surface area (Å²) in [6.45, 7) is 4.68. The summed E-state index contributed by atoms with van der Waals surface area (Å²) in [5.41, 5.74) is 33.9. The van der Waals surface area contributed by atoms with Crippen LogP contribution in [-0.2, 0) is 5.41 Å². The number of benzene rings is 16. The molecule has 16 aromatic carbocycles. The SMILES string of the molecule is CC1(C)c2ccccc2-c2cccc(-c3cccc(-c4cccc(-n5c6ccccc6c6cc(-c7ccc8c(c7)c7ccccc7n8-c7ccccc7)ccc65)c4)n3)c21.c1ccc(-n2c3ccccc3c3cc(-c4ccc5c(c4)c4ccccc4n5-c4cccc(-c5cccc(-c6cccc7c6oc6ccccc67)n5)c4)ccc32)cc1. The van der Waals surface area contributed by atoms with E-state index in [4.69, 9.17) is 14.4 Å². The van der Waals surface area contributed by atoms with Gasteiger partial charge in [0.25, 0.3) is 0 Å². The van der Waals surface area contributed by atoms with Crippen LogP contribution in [0.3, 0.4) is 0 Å². The van der Waals surface area contributed by atoms with E-state index in [0.29, 0.717) is 0 Å². The molecule has 0 spiro atoms. The fourth-order valence-corrected chi connectivity index (χ4v) is 19.0. The molecule has 0 atom stereocenters. The van der Waals surface area contributed by atoms with Crippen molar-refractivity contribution in [1.82, 2.24) is 28.2 Å². The van der Waals surface area contributed by atoms with Gasteiger partial charge in [-0.05, 0) is 202 Å². The van der Waals surface area contributed by atoms with Crippen LogP contribution in [0, 0.1) is 0 Å². The minimum absolute atomic E-state index is 0.119. The van der Waals surface area contributed by atoms with Gasteiger partial charge in [0.15, 0.2) is 0 Å². The highest BCUT2D eigenvalue weighted by atomic mass is 16.3. The molecule has 0 radical (unpaired) electrons. The normalized spacial score (nSPS) is 12.5. The number of para-hydroxylation sites is 8. The Kier molecular flexibility index (Phi) is 15.2. The summed E-state index contributed by atoms with van der Waals surface area (Å²) < 4.78 is 15.9. The van der Waals surface area contributed by atoms with Crippen molar-refractivity contribution in [1.29, 1.82) is 0 Å². The van der Waals surface area contributed by atoms with E-state index in [-0.39, 0.29) is 5.41 Å². The summed E-state index contributed by atoms with van der Waals surface area (Å²) >= 11 is 0. The van der Waals surface area contributed by atoms with Gasteiger partial charge in [-0.3, -0.25) is 0 Å². The molecular weight excluding hydrogens is 1410 g/mol. The van der Waals surface area contributed by atoms with Crippen molar-refractivity contribution >= 4 is 109 Å². The van der Waals surface area contributed by atoms with Gasteiger partial charge in [0, 0.05) is 104 Å². The number of pyridine rings is 2. The maximum absolute atomic E-state index is 6.38. The first-order chi connectivity index (χ1) is 57.3. The zero-order valence-electron chi connectivity index (χ0n) is 63.7. The molecule has 7 aromatic heterocycles. The number of fused-ring (bicyclic) bond motifs is 18. The van der Waals surface area contributed by atoms with E-state index < -0.39 is 0 Å². The van der Waals surface area contributed by atoms with E-state index in [2.05, 4.69) is 420 Å².